The van der Waals surface area contributed by atoms with Crippen LogP contribution in [0.3, 0.4) is 0 Å². The Bertz CT molecular complexity index is 833. The van der Waals surface area contributed by atoms with E-state index in [1.54, 1.807) is 4.57 Å². The van der Waals surface area contributed by atoms with E-state index in [1.165, 1.54) is 12.5 Å². The molecule has 4 rings (SSSR count). The number of anilines is 1. The highest BCUT2D eigenvalue weighted by molar-refractivity contribution is 6.17. The van der Waals surface area contributed by atoms with Crippen molar-refractivity contribution in [3.63, 3.8) is 0 Å². The van der Waals surface area contributed by atoms with Crippen LogP contribution in [-0.4, -0.2) is 44.3 Å². The summed E-state index contributed by atoms with van der Waals surface area (Å²) < 4.78 is 21.8. The van der Waals surface area contributed by atoms with Crippen molar-refractivity contribution in [2.24, 2.45) is 10.9 Å². The van der Waals surface area contributed by atoms with Gasteiger partial charge in [0.2, 0.25) is 5.97 Å². The number of rotatable bonds is 2. The van der Waals surface area contributed by atoms with Crippen LogP contribution in [0, 0.1) is 5.92 Å². The molecule has 1 fully saturated rings. The van der Waals surface area contributed by atoms with Crippen molar-refractivity contribution in [3.8, 4) is 0 Å². The third-order valence-corrected chi connectivity index (χ3v) is 4.19. The molecule has 0 saturated carbocycles. The van der Waals surface area contributed by atoms with Gasteiger partial charge < -0.3 is 14.4 Å². The van der Waals surface area contributed by atoms with Crippen molar-refractivity contribution < 1.29 is 19.0 Å². The fourth-order valence-corrected chi connectivity index (χ4v) is 3.18. The molecule has 4 heterocycles. The van der Waals surface area contributed by atoms with Gasteiger partial charge in [-0.3, -0.25) is 5.32 Å². The monoisotopic (exact) mass is 319 g/mol. The van der Waals surface area contributed by atoms with Gasteiger partial charge in [0.25, 0.3) is 0 Å². The van der Waals surface area contributed by atoms with E-state index >= 15 is 0 Å². The van der Waals surface area contributed by atoms with Gasteiger partial charge in [0.1, 0.15) is 24.0 Å². The smallest absolute Gasteiger partial charge is 0.349 e. The van der Waals surface area contributed by atoms with Crippen LogP contribution in [0.1, 0.15) is 25.1 Å². The van der Waals surface area contributed by atoms with Crippen LogP contribution in [0.25, 0.3) is 11.0 Å². The molecule has 0 aromatic carbocycles. The number of halogens is 1. The molecule has 2 aliphatic heterocycles. The largest absolute Gasteiger partial charge is 0.394 e. The zero-order valence-corrected chi connectivity index (χ0v) is 12.2. The number of amides is 2. The predicted molar refractivity (Wildman–Crippen MR) is 79.0 cm³/mol. The number of aliphatic hydroxyl groups is 1. The maximum absolute atomic E-state index is 14.2. The summed E-state index contributed by atoms with van der Waals surface area (Å²) in [5.41, 5.74) is 0.602. The van der Waals surface area contributed by atoms with Gasteiger partial charge in [-0.15, -0.1) is 0 Å². The zero-order chi connectivity index (χ0) is 16.1. The molecular formula is C14H14FN5O3. The molecule has 23 heavy (non-hydrogen) atoms. The predicted octanol–water partition coefficient (Wildman–Crippen LogP) is 1.61. The second-order valence-corrected chi connectivity index (χ2v) is 5.75. The molecule has 120 valence electrons. The van der Waals surface area contributed by atoms with Crippen LogP contribution < -0.4 is 5.32 Å². The van der Waals surface area contributed by atoms with Gasteiger partial charge in [-0.25, -0.2) is 14.8 Å². The minimum atomic E-state index is -0.885. The number of urea groups is 1. The van der Waals surface area contributed by atoms with Gasteiger partial charge in [-0.05, 0) is 6.42 Å². The first-order chi connectivity index (χ1) is 11.1. The number of ether oxygens (including phenoxy) is 1. The Hall–Kier alpha value is -2.39. The number of aromatic nitrogens is 3. The lowest BCUT2D eigenvalue weighted by atomic mass is 10.1. The van der Waals surface area contributed by atoms with Crippen LogP contribution >= 0.6 is 0 Å². The minimum absolute atomic E-state index is 0.0704. The molecule has 8 nitrogen and oxygen atoms in total. The number of carbonyl (C=O) groups is 1. The molecule has 2 aromatic heterocycles. The van der Waals surface area contributed by atoms with E-state index in [0.717, 1.165) is 0 Å². The van der Waals surface area contributed by atoms with Gasteiger partial charge >= 0.3 is 6.03 Å². The number of aliphatic hydroxyl groups excluding tert-OH is 1. The first-order valence-corrected chi connectivity index (χ1v) is 7.26. The van der Waals surface area contributed by atoms with E-state index in [-0.39, 0.29) is 36.2 Å². The third-order valence-electron chi connectivity index (χ3n) is 4.19. The molecular weight excluding hydrogens is 305 g/mol. The second kappa shape index (κ2) is 5.07. The lowest BCUT2D eigenvalue weighted by Gasteiger charge is -2.18. The first kappa shape index (κ1) is 14.2. The van der Waals surface area contributed by atoms with Gasteiger partial charge in [-0.2, -0.15) is 9.38 Å². The Morgan fingerprint density at radius 3 is 3.09 bits per heavy atom. The Kier molecular flexibility index (Phi) is 3.13. The Balaban J connectivity index is 1.91. The SMILES string of the molecule is C[C@H]1C[C@@H](CO)O[C@H]1n1cc2c3c(ncnc31)NC(=O)N=C2F. The Morgan fingerprint density at radius 1 is 1.52 bits per heavy atom. The number of aliphatic imine (C=N–C) groups is 1. The molecule has 0 radical (unpaired) electrons. The highest BCUT2D eigenvalue weighted by Gasteiger charge is 2.35. The number of hydrogen-bond acceptors (Lipinski definition) is 5. The molecule has 0 spiro atoms. The molecule has 2 amide bonds. The first-order valence-electron chi connectivity index (χ1n) is 7.26. The van der Waals surface area contributed by atoms with Gasteiger partial charge in [0.05, 0.1) is 23.7 Å². The van der Waals surface area contributed by atoms with Crippen molar-refractivity contribution in [3.05, 3.63) is 18.1 Å². The van der Waals surface area contributed by atoms with Crippen molar-refractivity contribution in [2.75, 3.05) is 11.9 Å². The van der Waals surface area contributed by atoms with Crippen LogP contribution in [0.2, 0.25) is 0 Å². The quantitative estimate of drug-likeness (QED) is 0.875. The number of hydrogen-bond donors (Lipinski definition) is 2. The highest BCUT2D eigenvalue weighted by atomic mass is 19.1. The van der Waals surface area contributed by atoms with Crippen molar-refractivity contribution >= 4 is 28.8 Å². The molecule has 1 saturated heterocycles. The molecule has 9 heteroatoms. The molecule has 3 atom stereocenters. The average molecular weight is 319 g/mol. The fourth-order valence-electron chi connectivity index (χ4n) is 3.18. The summed E-state index contributed by atoms with van der Waals surface area (Å²) in [6, 6.07) is -0.809. The van der Waals surface area contributed by atoms with Crippen LogP contribution in [0.5, 0.6) is 0 Å². The Morgan fingerprint density at radius 2 is 2.35 bits per heavy atom. The molecule has 2 N–H and O–H groups in total. The van der Waals surface area contributed by atoms with E-state index in [4.69, 9.17) is 4.74 Å². The van der Waals surface area contributed by atoms with Gasteiger partial charge in [-0.1, -0.05) is 6.92 Å². The second-order valence-electron chi connectivity index (χ2n) is 5.75. The topological polar surface area (TPSA) is 102 Å². The molecule has 0 aliphatic carbocycles. The average Bonchev–Trinajstić information content (AvgIpc) is 3.04. The standard InChI is InChI=1S/C14H14FN5O3/c1-6-2-7(4-21)23-13(6)20-3-8-9-11(16-5-17-12(9)20)19-14(22)18-10(8)15/h3,5-7,13,21H,2,4H2,1H3,(H,16,17,19,22)/t6-,7-,13+/m0/s1. The van der Waals surface area contributed by atoms with E-state index < -0.39 is 12.0 Å². The van der Waals surface area contributed by atoms with Crippen molar-refractivity contribution in [1.82, 2.24) is 14.5 Å². The minimum Gasteiger partial charge on any atom is -0.394 e. The summed E-state index contributed by atoms with van der Waals surface area (Å²) >= 11 is 0. The zero-order valence-electron chi connectivity index (χ0n) is 12.2. The van der Waals surface area contributed by atoms with Gasteiger partial charge in [0.15, 0.2) is 0 Å². The number of nitrogens with one attached hydrogen (secondary N) is 1. The van der Waals surface area contributed by atoms with Crippen molar-refractivity contribution in [2.45, 2.75) is 25.7 Å². The lowest BCUT2D eigenvalue weighted by Crippen LogP contribution is -2.16. The van der Waals surface area contributed by atoms with Crippen LogP contribution in [0.4, 0.5) is 15.0 Å². The number of carbonyl (C=O) groups excluding carboxylic acids is 1. The molecule has 0 unspecified atom stereocenters. The summed E-state index contributed by atoms with van der Waals surface area (Å²) in [7, 11) is 0. The maximum atomic E-state index is 14.2. The molecule has 2 aromatic rings. The van der Waals surface area contributed by atoms with E-state index in [9.17, 15) is 14.3 Å². The van der Waals surface area contributed by atoms with E-state index in [0.29, 0.717) is 17.5 Å². The van der Waals surface area contributed by atoms with Crippen LogP contribution in [0.15, 0.2) is 17.5 Å². The Labute approximate surface area is 130 Å². The summed E-state index contributed by atoms with van der Waals surface area (Å²) in [6.45, 7) is 1.92. The summed E-state index contributed by atoms with van der Waals surface area (Å²) in [6.07, 6.45) is 2.88. The van der Waals surface area contributed by atoms with E-state index in [1.807, 2.05) is 6.92 Å². The fraction of sp³-hybridized carbons (Fsp3) is 0.429. The summed E-state index contributed by atoms with van der Waals surface area (Å²) in [4.78, 5) is 23.1. The molecule has 0 bridgehead atoms. The number of nitrogens with zero attached hydrogens (tertiary/aromatic N) is 4. The maximum Gasteiger partial charge on any atom is 0.349 e. The van der Waals surface area contributed by atoms with Crippen LogP contribution in [-0.2, 0) is 4.74 Å². The van der Waals surface area contributed by atoms with Crippen molar-refractivity contribution in [1.29, 1.82) is 0 Å². The summed E-state index contributed by atoms with van der Waals surface area (Å²) in [5, 5.41) is 12.1. The lowest BCUT2D eigenvalue weighted by molar-refractivity contribution is -0.0291. The highest BCUT2D eigenvalue weighted by Crippen LogP contribution is 2.38. The van der Waals surface area contributed by atoms with E-state index in [2.05, 4.69) is 20.3 Å². The third kappa shape index (κ3) is 2.12. The normalized spacial score (nSPS) is 27.0. The summed E-state index contributed by atoms with van der Waals surface area (Å²) in [5.74, 6) is -0.551. The molecule has 2 aliphatic rings. The van der Waals surface area contributed by atoms with Gasteiger partial charge in [0, 0.05) is 12.1 Å².